The predicted molar refractivity (Wildman–Crippen MR) is 85.7 cm³/mol. The molecule has 1 aromatic heterocycles. The van der Waals surface area contributed by atoms with Gasteiger partial charge in [-0.2, -0.15) is 0 Å². The van der Waals surface area contributed by atoms with Crippen LogP contribution in [0.5, 0.6) is 0 Å². The van der Waals surface area contributed by atoms with Crippen LogP contribution in [0, 0.1) is 17.0 Å². The Kier molecular flexibility index (Phi) is 4.57. The van der Waals surface area contributed by atoms with Crippen LogP contribution in [0.1, 0.15) is 5.56 Å². The van der Waals surface area contributed by atoms with Gasteiger partial charge in [-0.3, -0.25) is 14.8 Å². The van der Waals surface area contributed by atoms with Crippen LogP contribution in [0.4, 0.5) is 11.4 Å². The highest BCUT2D eigenvalue weighted by atomic mass is 79.9. The molecule has 2 rings (SSSR count). The van der Waals surface area contributed by atoms with E-state index < -0.39 is 20.6 Å². The van der Waals surface area contributed by atoms with Gasteiger partial charge in [0.2, 0.25) is 0 Å². The highest BCUT2D eigenvalue weighted by molar-refractivity contribution is 9.10. The van der Waals surface area contributed by atoms with Crippen molar-refractivity contribution in [2.24, 2.45) is 0 Å². The molecule has 0 radical (unpaired) electrons. The van der Waals surface area contributed by atoms with Crippen LogP contribution < -0.4 is 4.72 Å². The zero-order valence-corrected chi connectivity index (χ0v) is 14.4. The smallest absolute Gasteiger partial charge is 0.279 e. The molecule has 0 amide bonds. The summed E-state index contributed by atoms with van der Waals surface area (Å²) in [5.74, 6) is 0. The van der Waals surface area contributed by atoms with Crippen molar-refractivity contribution < 1.29 is 13.3 Å². The highest BCUT2D eigenvalue weighted by Crippen LogP contribution is 2.37. The van der Waals surface area contributed by atoms with E-state index in [0.717, 1.165) is 16.1 Å². The van der Waals surface area contributed by atoms with Crippen molar-refractivity contribution in [1.82, 2.24) is 0 Å². The summed E-state index contributed by atoms with van der Waals surface area (Å²) in [7, 11) is -3.91. The van der Waals surface area contributed by atoms with Gasteiger partial charge in [-0.1, -0.05) is 27.5 Å². The Morgan fingerprint density at radius 3 is 2.57 bits per heavy atom. The van der Waals surface area contributed by atoms with Gasteiger partial charge in [0.25, 0.3) is 15.7 Å². The molecule has 21 heavy (non-hydrogen) atoms. The highest BCUT2D eigenvalue weighted by Gasteiger charge is 2.25. The van der Waals surface area contributed by atoms with Crippen LogP contribution in [-0.4, -0.2) is 13.3 Å². The number of nitrogens with zero attached hydrogens (tertiary/aromatic N) is 1. The molecule has 1 heterocycles. The van der Waals surface area contributed by atoms with Crippen LogP contribution in [0.3, 0.4) is 0 Å². The third-order valence-electron chi connectivity index (χ3n) is 2.52. The molecule has 0 aliphatic carbocycles. The van der Waals surface area contributed by atoms with Gasteiger partial charge >= 0.3 is 0 Å². The third-order valence-corrected chi connectivity index (χ3v) is 6.60. The number of thiophene rings is 1. The van der Waals surface area contributed by atoms with Gasteiger partial charge in [0, 0.05) is 16.2 Å². The quantitative estimate of drug-likeness (QED) is 0.603. The Morgan fingerprint density at radius 1 is 1.38 bits per heavy atom. The largest absolute Gasteiger partial charge is 0.300 e. The fourth-order valence-corrected chi connectivity index (χ4v) is 4.47. The molecule has 0 spiro atoms. The van der Waals surface area contributed by atoms with Crippen molar-refractivity contribution in [1.29, 1.82) is 0 Å². The molecule has 0 aliphatic rings. The molecule has 6 nitrogen and oxygen atoms in total. The maximum absolute atomic E-state index is 12.2. The first-order valence-electron chi connectivity index (χ1n) is 5.43. The van der Waals surface area contributed by atoms with Crippen molar-refractivity contribution in [2.75, 3.05) is 4.72 Å². The molecule has 0 saturated heterocycles. The zero-order chi connectivity index (χ0) is 15.8. The van der Waals surface area contributed by atoms with E-state index in [-0.39, 0.29) is 8.55 Å². The van der Waals surface area contributed by atoms with Crippen LogP contribution in [-0.2, 0) is 10.0 Å². The minimum atomic E-state index is -3.91. The topological polar surface area (TPSA) is 89.3 Å². The lowest BCUT2D eigenvalue weighted by Gasteiger charge is -2.07. The van der Waals surface area contributed by atoms with Crippen LogP contribution in [0.25, 0.3) is 0 Å². The Bertz CT molecular complexity index is 820. The fourth-order valence-electron chi connectivity index (χ4n) is 1.51. The second-order valence-electron chi connectivity index (χ2n) is 4.05. The molecular formula is C11H8BrClN2O4S2. The van der Waals surface area contributed by atoms with E-state index in [2.05, 4.69) is 20.7 Å². The molecular weight excluding hydrogens is 404 g/mol. The van der Waals surface area contributed by atoms with Crippen LogP contribution >= 0.6 is 38.9 Å². The Labute approximate surface area is 138 Å². The standard InChI is InChI=1S/C11H8BrClN2O4S2/c1-6-4-7(2-3-8(6)12)14-21(18,19)10-5-9(15(16)17)11(13)20-10/h2-5,14H,1H3. The number of hydrogen-bond acceptors (Lipinski definition) is 5. The monoisotopic (exact) mass is 410 g/mol. The third kappa shape index (κ3) is 3.54. The summed E-state index contributed by atoms with van der Waals surface area (Å²) in [6, 6.07) is 5.88. The summed E-state index contributed by atoms with van der Waals surface area (Å²) in [4.78, 5) is 9.99. The van der Waals surface area contributed by atoms with Gasteiger partial charge in [-0.05, 0) is 30.7 Å². The van der Waals surface area contributed by atoms with Gasteiger partial charge in [-0.25, -0.2) is 8.42 Å². The Hall–Kier alpha value is -1.16. The first-order chi connectivity index (χ1) is 9.70. The van der Waals surface area contributed by atoms with Crippen molar-refractivity contribution in [3.8, 4) is 0 Å². The molecule has 1 N–H and O–H groups in total. The van der Waals surface area contributed by atoms with E-state index in [4.69, 9.17) is 11.6 Å². The maximum Gasteiger partial charge on any atom is 0.300 e. The Morgan fingerprint density at radius 2 is 2.05 bits per heavy atom. The van der Waals surface area contributed by atoms with E-state index in [0.29, 0.717) is 17.0 Å². The summed E-state index contributed by atoms with van der Waals surface area (Å²) in [5.41, 5.74) is 0.794. The average molecular weight is 412 g/mol. The van der Waals surface area contributed by atoms with Crippen molar-refractivity contribution in [3.05, 3.63) is 48.8 Å². The Balaban J connectivity index is 2.36. The van der Waals surface area contributed by atoms with Crippen molar-refractivity contribution in [3.63, 3.8) is 0 Å². The van der Waals surface area contributed by atoms with E-state index >= 15 is 0 Å². The minimum absolute atomic E-state index is 0.174. The lowest BCUT2D eigenvalue weighted by molar-refractivity contribution is -0.384. The number of halogens is 2. The number of hydrogen-bond donors (Lipinski definition) is 1. The van der Waals surface area contributed by atoms with Crippen LogP contribution in [0.15, 0.2) is 32.9 Å². The number of nitrogens with one attached hydrogen (secondary N) is 1. The zero-order valence-electron chi connectivity index (χ0n) is 10.5. The SMILES string of the molecule is Cc1cc(NS(=O)(=O)c2cc([N+](=O)[O-])c(Cl)s2)ccc1Br. The van der Waals surface area contributed by atoms with Gasteiger partial charge in [0.15, 0.2) is 4.34 Å². The summed E-state index contributed by atoms with van der Waals surface area (Å²) in [6.45, 7) is 1.81. The van der Waals surface area contributed by atoms with Gasteiger partial charge in [0.1, 0.15) is 4.21 Å². The van der Waals surface area contributed by atoms with E-state index in [1.165, 1.54) is 0 Å². The number of aryl methyl sites for hydroxylation is 1. The number of rotatable bonds is 4. The number of anilines is 1. The van der Waals surface area contributed by atoms with Gasteiger partial charge < -0.3 is 0 Å². The van der Waals surface area contributed by atoms with E-state index in [1.807, 2.05) is 6.92 Å². The molecule has 0 bridgehead atoms. The molecule has 0 fully saturated rings. The first kappa shape index (κ1) is 16.2. The maximum atomic E-state index is 12.2. The van der Waals surface area contributed by atoms with E-state index in [9.17, 15) is 18.5 Å². The van der Waals surface area contributed by atoms with Crippen LogP contribution in [0.2, 0.25) is 4.34 Å². The molecule has 0 saturated carbocycles. The lowest BCUT2D eigenvalue weighted by Crippen LogP contribution is -2.11. The second kappa shape index (κ2) is 5.91. The summed E-state index contributed by atoms with van der Waals surface area (Å²) < 4.78 is 27.2. The number of sulfonamides is 1. The second-order valence-corrected chi connectivity index (χ2v) is 8.47. The molecule has 1 aromatic carbocycles. The lowest BCUT2D eigenvalue weighted by atomic mass is 10.2. The molecule has 0 atom stereocenters. The minimum Gasteiger partial charge on any atom is -0.279 e. The van der Waals surface area contributed by atoms with Crippen molar-refractivity contribution in [2.45, 2.75) is 11.1 Å². The summed E-state index contributed by atoms with van der Waals surface area (Å²) in [5, 5.41) is 10.7. The fraction of sp³-hybridized carbons (Fsp3) is 0.0909. The number of benzene rings is 1. The van der Waals surface area contributed by atoms with Gasteiger partial charge in [-0.15, -0.1) is 11.3 Å². The first-order valence-corrected chi connectivity index (χ1v) is 8.90. The molecule has 112 valence electrons. The normalized spacial score (nSPS) is 11.4. The predicted octanol–water partition coefficient (Wildman–Crippen LogP) is 4.18. The average Bonchev–Trinajstić information content (AvgIpc) is 2.77. The number of nitro groups is 1. The molecule has 0 unspecified atom stereocenters. The summed E-state index contributed by atoms with van der Waals surface area (Å²) >= 11 is 9.63. The van der Waals surface area contributed by atoms with E-state index in [1.54, 1.807) is 18.2 Å². The molecule has 2 aromatic rings. The molecule has 10 heteroatoms. The molecule has 0 aliphatic heterocycles. The summed E-state index contributed by atoms with van der Waals surface area (Å²) in [6.07, 6.45) is 0. The van der Waals surface area contributed by atoms with Gasteiger partial charge in [0.05, 0.1) is 4.92 Å². The van der Waals surface area contributed by atoms with Crippen molar-refractivity contribution >= 4 is 60.3 Å².